The Bertz CT molecular complexity index is 427. The molecule has 2 N–H and O–H groups in total. The highest BCUT2D eigenvalue weighted by Gasteiger charge is 2.22. The maximum absolute atomic E-state index is 11.3. The van der Waals surface area contributed by atoms with E-state index in [1.54, 1.807) is 24.3 Å². The lowest BCUT2D eigenvalue weighted by Gasteiger charge is -2.12. The van der Waals surface area contributed by atoms with Crippen molar-refractivity contribution < 1.29 is 19.4 Å². The molecule has 1 saturated heterocycles. The molecule has 0 radical (unpaired) electrons. The standard InChI is InChI=1S/C13H17NO4.ClH/c1-17-13(16)9-3-2-4-12(5-9)18-8-10-6-11(15)7-14-10;/h2-5,10-11,14-15H,6-8H2,1H3;1H/t10-,11+;/m0./s1. The van der Waals surface area contributed by atoms with Gasteiger partial charge in [-0.15, -0.1) is 12.4 Å². The minimum atomic E-state index is -0.380. The smallest absolute Gasteiger partial charge is 0.337 e. The molecule has 19 heavy (non-hydrogen) atoms. The Morgan fingerprint density at radius 2 is 2.32 bits per heavy atom. The van der Waals surface area contributed by atoms with Crippen LogP contribution in [0.2, 0.25) is 0 Å². The summed E-state index contributed by atoms with van der Waals surface area (Å²) in [6, 6.07) is 7.02. The average Bonchev–Trinajstić information content (AvgIpc) is 2.81. The van der Waals surface area contributed by atoms with Gasteiger partial charge in [-0.2, -0.15) is 0 Å². The van der Waals surface area contributed by atoms with Crippen LogP contribution in [0.3, 0.4) is 0 Å². The molecule has 1 aromatic carbocycles. The molecule has 0 aliphatic carbocycles. The maximum atomic E-state index is 11.3. The van der Waals surface area contributed by atoms with E-state index in [1.807, 2.05) is 0 Å². The third-order valence-corrected chi connectivity index (χ3v) is 2.91. The lowest BCUT2D eigenvalue weighted by molar-refractivity contribution is 0.0600. The third-order valence-electron chi connectivity index (χ3n) is 2.91. The van der Waals surface area contributed by atoms with Crippen molar-refractivity contribution in [3.8, 4) is 5.75 Å². The fourth-order valence-corrected chi connectivity index (χ4v) is 1.95. The molecule has 5 nitrogen and oxygen atoms in total. The highest BCUT2D eigenvalue weighted by atomic mass is 35.5. The van der Waals surface area contributed by atoms with Crippen molar-refractivity contribution in [3.05, 3.63) is 29.8 Å². The van der Waals surface area contributed by atoms with Crippen molar-refractivity contribution in [1.29, 1.82) is 0 Å². The summed E-state index contributed by atoms with van der Waals surface area (Å²) in [4.78, 5) is 11.3. The van der Waals surface area contributed by atoms with Gasteiger partial charge in [-0.1, -0.05) is 6.07 Å². The molecule has 2 atom stereocenters. The lowest BCUT2D eigenvalue weighted by atomic mass is 10.2. The molecule has 0 amide bonds. The van der Waals surface area contributed by atoms with Gasteiger partial charge >= 0.3 is 5.97 Å². The Labute approximate surface area is 118 Å². The maximum Gasteiger partial charge on any atom is 0.337 e. The predicted octanol–water partition coefficient (Wildman–Crippen LogP) is 0.997. The zero-order valence-corrected chi connectivity index (χ0v) is 11.5. The Kier molecular flexibility index (Phi) is 6.08. The number of aliphatic hydroxyl groups excluding tert-OH is 1. The SMILES string of the molecule is COC(=O)c1cccc(OC[C@@H]2C[C@@H](O)CN2)c1.Cl. The molecule has 0 saturated carbocycles. The molecule has 2 rings (SSSR count). The number of aliphatic hydroxyl groups is 1. The fraction of sp³-hybridized carbons (Fsp3) is 0.462. The van der Waals surface area contributed by atoms with E-state index in [0.717, 1.165) is 0 Å². The fourth-order valence-electron chi connectivity index (χ4n) is 1.95. The van der Waals surface area contributed by atoms with Crippen molar-refractivity contribution in [1.82, 2.24) is 5.32 Å². The second kappa shape index (κ2) is 7.33. The van der Waals surface area contributed by atoms with Gasteiger partial charge in [0, 0.05) is 12.6 Å². The van der Waals surface area contributed by atoms with Crippen LogP contribution < -0.4 is 10.1 Å². The molecule has 1 aromatic rings. The number of halogens is 1. The first-order valence-corrected chi connectivity index (χ1v) is 5.91. The monoisotopic (exact) mass is 287 g/mol. The van der Waals surface area contributed by atoms with Crippen LogP contribution in [-0.4, -0.2) is 43.5 Å². The number of benzene rings is 1. The zero-order chi connectivity index (χ0) is 13.0. The van der Waals surface area contributed by atoms with Gasteiger partial charge in [-0.05, 0) is 24.6 Å². The first-order chi connectivity index (χ1) is 8.69. The van der Waals surface area contributed by atoms with Gasteiger partial charge in [0.05, 0.1) is 18.8 Å². The van der Waals surface area contributed by atoms with Gasteiger partial charge < -0.3 is 19.9 Å². The van der Waals surface area contributed by atoms with Crippen LogP contribution in [0.15, 0.2) is 24.3 Å². The van der Waals surface area contributed by atoms with Crippen molar-refractivity contribution in [2.75, 3.05) is 20.3 Å². The summed E-state index contributed by atoms with van der Waals surface area (Å²) >= 11 is 0. The van der Waals surface area contributed by atoms with Crippen LogP contribution in [0, 0.1) is 0 Å². The molecule has 0 unspecified atom stereocenters. The average molecular weight is 288 g/mol. The summed E-state index contributed by atoms with van der Waals surface area (Å²) in [7, 11) is 1.35. The topological polar surface area (TPSA) is 67.8 Å². The number of nitrogens with one attached hydrogen (secondary N) is 1. The second-order valence-corrected chi connectivity index (χ2v) is 4.33. The molecular weight excluding hydrogens is 270 g/mol. The molecule has 1 aliphatic rings. The zero-order valence-electron chi connectivity index (χ0n) is 10.7. The molecule has 1 aliphatic heterocycles. The van der Waals surface area contributed by atoms with E-state index in [1.165, 1.54) is 7.11 Å². The van der Waals surface area contributed by atoms with Gasteiger partial charge in [-0.25, -0.2) is 4.79 Å². The van der Waals surface area contributed by atoms with E-state index in [-0.39, 0.29) is 30.5 Å². The number of hydrogen-bond donors (Lipinski definition) is 2. The lowest BCUT2D eigenvalue weighted by Crippen LogP contribution is -2.28. The molecule has 106 valence electrons. The van der Waals surface area contributed by atoms with Crippen LogP contribution in [0.1, 0.15) is 16.8 Å². The van der Waals surface area contributed by atoms with E-state index < -0.39 is 0 Å². The van der Waals surface area contributed by atoms with Crippen LogP contribution >= 0.6 is 12.4 Å². The van der Waals surface area contributed by atoms with E-state index in [9.17, 15) is 9.90 Å². The highest BCUT2D eigenvalue weighted by molar-refractivity contribution is 5.89. The van der Waals surface area contributed by atoms with E-state index in [2.05, 4.69) is 10.1 Å². The number of rotatable bonds is 4. The summed E-state index contributed by atoms with van der Waals surface area (Å²) in [5, 5.41) is 12.5. The van der Waals surface area contributed by atoms with Crippen molar-refractivity contribution in [2.45, 2.75) is 18.6 Å². The Morgan fingerprint density at radius 1 is 1.53 bits per heavy atom. The second-order valence-electron chi connectivity index (χ2n) is 4.33. The predicted molar refractivity (Wildman–Crippen MR) is 72.9 cm³/mol. The minimum absolute atomic E-state index is 0. The van der Waals surface area contributed by atoms with Gasteiger partial charge in [-0.3, -0.25) is 0 Å². The van der Waals surface area contributed by atoms with Crippen molar-refractivity contribution in [2.24, 2.45) is 0 Å². The van der Waals surface area contributed by atoms with Crippen LogP contribution in [0.25, 0.3) is 0 Å². The van der Waals surface area contributed by atoms with Crippen LogP contribution in [0.5, 0.6) is 5.75 Å². The van der Waals surface area contributed by atoms with Gasteiger partial charge in [0.25, 0.3) is 0 Å². The summed E-state index contributed by atoms with van der Waals surface area (Å²) in [6.07, 6.45) is 0.399. The summed E-state index contributed by atoms with van der Waals surface area (Å²) in [5.74, 6) is 0.246. The Balaban J connectivity index is 0.00000180. The summed E-state index contributed by atoms with van der Waals surface area (Å²) < 4.78 is 10.2. The van der Waals surface area contributed by atoms with Crippen LogP contribution in [0.4, 0.5) is 0 Å². The summed E-state index contributed by atoms with van der Waals surface area (Å²) in [6.45, 7) is 1.08. The van der Waals surface area contributed by atoms with E-state index >= 15 is 0 Å². The first-order valence-electron chi connectivity index (χ1n) is 5.91. The normalized spacial score (nSPS) is 21.6. The number of β-amino-alcohol motifs (C(OH)–C–C–N with tert-alkyl or cyclic N) is 1. The molecule has 6 heteroatoms. The molecule has 1 fully saturated rings. The number of ether oxygens (including phenoxy) is 2. The number of esters is 1. The largest absolute Gasteiger partial charge is 0.492 e. The van der Waals surface area contributed by atoms with Crippen molar-refractivity contribution in [3.63, 3.8) is 0 Å². The van der Waals surface area contributed by atoms with Crippen molar-refractivity contribution >= 4 is 18.4 Å². The van der Waals surface area contributed by atoms with E-state index in [4.69, 9.17) is 4.74 Å². The highest BCUT2D eigenvalue weighted by Crippen LogP contribution is 2.15. The first kappa shape index (κ1) is 15.8. The number of carbonyl (C=O) groups is 1. The molecule has 1 heterocycles. The Hall–Kier alpha value is -1.30. The van der Waals surface area contributed by atoms with Gasteiger partial charge in [0.1, 0.15) is 12.4 Å². The van der Waals surface area contributed by atoms with Gasteiger partial charge in [0.15, 0.2) is 0 Å². The van der Waals surface area contributed by atoms with E-state index in [0.29, 0.717) is 30.9 Å². The number of methoxy groups -OCH3 is 1. The van der Waals surface area contributed by atoms with Crippen LogP contribution in [-0.2, 0) is 4.74 Å². The third kappa shape index (κ3) is 4.38. The number of carbonyl (C=O) groups excluding carboxylic acids is 1. The quantitative estimate of drug-likeness (QED) is 0.809. The molecule has 0 spiro atoms. The van der Waals surface area contributed by atoms with Gasteiger partial charge in [0.2, 0.25) is 0 Å². The molecule has 0 bridgehead atoms. The molecular formula is C13H18ClNO4. The number of hydrogen-bond acceptors (Lipinski definition) is 5. The Morgan fingerprint density at radius 3 is 2.95 bits per heavy atom. The summed E-state index contributed by atoms with van der Waals surface area (Å²) in [5.41, 5.74) is 0.467. The molecule has 0 aromatic heterocycles. The minimum Gasteiger partial charge on any atom is -0.492 e.